The van der Waals surface area contributed by atoms with E-state index in [1.54, 1.807) is 12.1 Å². The van der Waals surface area contributed by atoms with Gasteiger partial charge in [0.15, 0.2) is 5.82 Å². The van der Waals surface area contributed by atoms with Crippen LogP contribution < -0.4 is 15.5 Å². The second-order valence-corrected chi connectivity index (χ2v) is 7.34. The smallest absolute Gasteiger partial charge is 0.231 e. The van der Waals surface area contributed by atoms with E-state index in [0.717, 1.165) is 30.0 Å². The van der Waals surface area contributed by atoms with Gasteiger partial charge in [-0.2, -0.15) is 0 Å². The van der Waals surface area contributed by atoms with Crippen molar-refractivity contribution in [3.05, 3.63) is 83.7 Å². The predicted octanol–water partition coefficient (Wildman–Crippen LogP) is 5.42. The van der Waals surface area contributed by atoms with Crippen molar-refractivity contribution in [2.75, 3.05) is 28.6 Å². The Bertz CT molecular complexity index is 988. The van der Waals surface area contributed by atoms with Crippen molar-refractivity contribution in [2.24, 2.45) is 0 Å². The normalized spacial score (nSPS) is 11.6. The summed E-state index contributed by atoms with van der Waals surface area (Å²) in [5.41, 5.74) is 2.61. The van der Waals surface area contributed by atoms with Gasteiger partial charge in [-0.25, -0.2) is 9.37 Å². The maximum atomic E-state index is 13.1. The van der Waals surface area contributed by atoms with Gasteiger partial charge < -0.3 is 15.5 Å². The fourth-order valence-corrected chi connectivity index (χ4v) is 3.34. The van der Waals surface area contributed by atoms with Crippen LogP contribution in [0.3, 0.4) is 0 Å². The number of anilines is 3. The van der Waals surface area contributed by atoms with E-state index in [1.807, 2.05) is 49.4 Å². The standard InChI is InChI=1S/C25H29FN4O/c1-4-30(5-2)24-22(28-25(31)18(3)20-9-7-6-8-10-20)15-16-23(29-24)27-17-19-11-13-21(26)14-12-19/h6-16,18H,4-5,17H2,1-3H3,(H,27,29)(H,28,31). The maximum absolute atomic E-state index is 13.1. The number of hydrogen-bond donors (Lipinski definition) is 2. The van der Waals surface area contributed by atoms with Crippen molar-refractivity contribution in [3.8, 4) is 0 Å². The van der Waals surface area contributed by atoms with E-state index >= 15 is 0 Å². The fraction of sp³-hybridized carbons (Fsp3) is 0.280. The van der Waals surface area contributed by atoms with Gasteiger partial charge in [-0.05, 0) is 56.2 Å². The van der Waals surface area contributed by atoms with Gasteiger partial charge in [-0.1, -0.05) is 42.5 Å². The fourth-order valence-electron chi connectivity index (χ4n) is 3.34. The summed E-state index contributed by atoms with van der Waals surface area (Å²) in [6, 6.07) is 19.8. The third-order valence-corrected chi connectivity index (χ3v) is 5.28. The number of aromatic nitrogens is 1. The van der Waals surface area contributed by atoms with Crippen LogP contribution in [0.1, 0.15) is 37.8 Å². The van der Waals surface area contributed by atoms with Gasteiger partial charge in [0.05, 0.1) is 11.6 Å². The van der Waals surface area contributed by atoms with Gasteiger partial charge >= 0.3 is 0 Å². The first-order valence-corrected chi connectivity index (χ1v) is 10.6. The van der Waals surface area contributed by atoms with Crippen LogP contribution in [0.2, 0.25) is 0 Å². The van der Waals surface area contributed by atoms with Gasteiger partial charge in [-0.3, -0.25) is 4.79 Å². The third kappa shape index (κ3) is 5.81. The monoisotopic (exact) mass is 420 g/mol. The number of rotatable bonds is 9. The Morgan fingerprint density at radius 2 is 1.68 bits per heavy atom. The Balaban J connectivity index is 1.78. The molecular formula is C25H29FN4O. The lowest BCUT2D eigenvalue weighted by Crippen LogP contribution is -2.26. The summed E-state index contributed by atoms with van der Waals surface area (Å²) in [6.07, 6.45) is 0. The molecule has 3 rings (SSSR count). The summed E-state index contributed by atoms with van der Waals surface area (Å²) in [6.45, 7) is 8.07. The van der Waals surface area contributed by atoms with Gasteiger partial charge in [-0.15, -0.1) is 0 Å². The van der Waals surface area contributed by atoms with E-state index in [4.69, 9.17) is 4.98 Å². The molecule has 2 aromatic carbocycles. The van der Waals surface area contributed by atoms with Crippen molar-refractivity contribution in [3.63, 3.8) is 0 Å². The second kappa shape index (κ2) is 10.6. The van der Waals surface area contributed by atoms with Gasteiger partial charge in [0.1, 0.15) is 11.6 Å². The number of hydrogen-bond acceptors (Lipinski definition) is 4. The van der Waals surface area contributed by atoms with Crippen LogP contribution in [-0.4, -0.2) is 24.0 Å². The SMILES string of the molecule is CCN(CC)c1nc(NCc2ccc(F)cc2)ccc1NC(=O)C(C)c1ccccc1. The zero-order valence-electron chi connectivity index (χ0n) is 18.2. The minimum atomic E-state index is -0.276. The average molecular weight is 421 g/mol. The van der Waals surface area contributed by atoms with Crippen LogP contribution in [0.25, 0.3) is 0 Å². The summed E-state index contributed by atoms with van der Waals surface area (Å²) >= 11 is 0. The molecule has 31 heavy (non-hydrogen) atoms. The van der Waals surface area contributed by atoms with E-state index in [0.29, 0.717) is 18.1 Å². The number of nitrogens with one attached hydrogen (secondary N) is 2. The zero-order chi connectivity index (χ0) is 22.2. The molecular weight excluding hydrogens is 391 g/mol. The van der Waals surface area contributed by atoms with E-state index in [9.17, 15) is 9.18 Å². The number of carbonyl (C=O) groups excluding carboxylic acids is 1. The first-order chi connectivity index (χ1) is 15.0. The molecule has 0 radical (unpaired) electrons. The Morgan fingerprint density at radius 1 is 1.00 bits per heavy atom. The summed E-state index contributed by atoms with van der Waals surface area (Å²) in [5.74, 6) is 0.814. The summed E-state index contributed by atoms with van der Waals surface area (Å²) in [4.78, 5) is 19.7. The molecule has 2 N–H and O–H groups in total. The van der Waals surface area contributed by atoms with Crippen LogP contribution in [0, 0.1) is 5.82 Å². The Labute approximate surface area is 183 Å². The first kappa shape index (κ1) is 22.3. The molecule has 0 aliphatic carbocycles. The minimum absolute atomic E-state index is 0.0755. The van der Waals surface area contributed by atoms with E-state index in [1.165, 1.54) is 12.1 Å². The lowest BCUT2D eigenvalue weighted by molar-refractivity contribution is -0.117. The lowest BCUT2D eigenvalue weighted by Gasteiger charge is -2.24. The molecule has 1 heterocycles. The van der Waals surface area contributed by atoms with Crippen molar-refractivity contribution in [1.82, 2.24) is 4.98 Å². The maximum Gasteiger partial charge on any atom is 0.231 e. The number of carbonyl (C=O) groups is 1. The van der Waals surface area contributed by atoms with Crippen molar-refractivity contribution < 1.29 is 9.18 Å². The highest BCUT2D eigenvalue weighted by atomic mass is 19.1. The Hall–Kier alpha value is -3.41. The number of benzene rings is 2. The minimum Gasteiger partial charge on any atom is -0.366 e. The molecule has 0 saturated heterocycles. The van der Waals surface area contributed by atoms with Gasteiger partial charge in [0.2, 0.25) is 5.91 Å². The summed E-state index contributed by atoms with van der Waals surface area (Å²) in [5, 5.41) is 6.33. The second-order valence-electron chi connectivity index (χ2n) is 7.34. The third-order valence-electron chi connectivity index (χ3n) is 5.28. The molecule has 3 aromatic rings. The number of amides is 1. The Morgan fingerprint density at radius 3 is 2.32 bits per heavy atom. The molecule has 5 nitrogen and oxygen atoms in total. The molecule has 0 bridgehead atoms. The molecule has 1 atom stereocenters. The highest BCUT2D eigenvalue weighted by Gasteiger charge is 2.19. The molecule has 0 fully saturated rings. The molecule has 162 valence electrons. The molecule has 1 aromatic heterocycles. The highest BCUT2D eigenvalue weighted by molar-refractivity contribution is 5.98. The van der Waals surface area contributed by atoms with Crippen LogP contribution in [0.15, 0.2) is 66.7 Å². The average Bonchev–Trinajstić information content (AvgIpc) is 2.80. The molecule has 1 unspecified atom stereocenters. The predicted molar refractivity (Wildman–Crippen MR) is 125 cm³/mol. The van der Waals surface area contributed by atoms with Crippen LogP contribution in [-0.2, 0) is 11.3 Å². The van der Waals surface area contributed by atoms with Gasteiger partial charge in [0, 0.05) is 19.6 Å². The molecule has 0 spiro atoms. The van der Waals surface area contributed by atoms with Crippen molar-refractivity contribution in [2.45, 2.75) is 33.2 Å². The van der Waals surface area contributed by atoms with Gasteiger partial charge in [0.25, 0.3) is 0 Å². The number of pyridine rings is 1. The van der Waals surface area contributed by atoms with Crippen LogP contribution in [0.4, 0.5) is 21.7 Å². The van der Waals surface area contributed by atoms with Crippen LogP contribution >= 0.6 is 0 Å². The largest absolute Gasteiger partial charge is 0.366 e. The molecule has 1 amide bonds. The van der Waals surface area contributed by atoms with E-state index in [2.05, 4.69) is 29.4 Å². The Kier molecular flexibility index (Phi) is 7.60. The molecule has 6 heteroatoms. The summed E-state index contributed by atoms with van der Waals surface area (Å²) in [7, 11) is 0. The zero-order valence-corrected chi connectivity index (χ0v) is 18.2. The summed E-state index contributed by atoms with van der Waals surface area (Å²) < 4.78 is 13.1. The first-order valence-electron chi connectivity index (χ1n) is 10.6. The number of nitrogens with zero attached hydrogens (tertiary/aromatic N) is 2. The molecule has 0 saturated carbocycles. The quantitative estimate of drug-likeness (QED) is 0.485. The number of halogens is 1. The topological polar surface area (TPSA) is 57.3 Å². The lowest BCUT2D eigenvalue weighted by atomic mass is 10.0. The van der Waals surface area contributed by atoms with Crippen LogP contribution in [0.5, 0.6) is 0 Å². The van der Waals surface area contributed by atoms with Crippen molar-refractivity contribution in [1.29, 1.82) is 0 Å². The van der Waals surface area contributed by atoms with E-state index < -0.39 is 0 Å². The van der Waals surface area contributed by atoms with Crippen molar-refractivity contribution >= 4 is 23.2 Å². The molecule has 0 aliphatic rings. The highest BCUT2D eigenvalue weighted by Crippen LogP contribution is 2.27. The van der Waals surface area contributed by atoms with E-state index in [-0.39, 0.29) is 17.6 Å². The molecule has 0 aliphatic heterocycles.